The van der Waals surface area contributed by atoms with E-state index < -0.39 is 54.4 Å². The molecule has 2 heterocycles. The van der Waals surface area contributed by atoms with E-state index in [0.29, 0.717) is 0 Å². The molecule has 2 aliphatic heterocycles. The van der Waals surface area contributed by atoms with Crippen molar-refractivity contribution in [3.8, 4) is 0 Å². The Kier molecular flexibility index (Phi) is 6.19. The largest absolute Gasteiger partial charge is 0.481 e. The molecule has 1 aromatic carbocycles. The third-order valence-electron chi connectivity index (χ3n) is 4.16. The number of aliphatic hydroxyl groups is 1. The number of ether oxygens (including phenoxy) is 3. The number of rotatable bonds is 7. The highest BCUT2D eigenvalue weighted by atomic mass is 32.2. The van der Waals surface area contributed by atoms with Crippen molar-refractivity contribution >= 4 is 29.8 Å². The topological polar surface area (TPSA) is 131 Å². The Labute approximate surface area is 159 Å². The van der Waals surface area contributed by atoms with Gasteiger partial charge in [-0.1, -0.05) is 30.0 Å². The number of carboxylic acid groups (broad SMARTS) is 1. The molecule has 27 heavy (non-hydrogen) atoms. The zero-order chi connectivity index (χ0) is 19.4. The van der Waals surface area contributed by atoms with Gasteiger partial charge in [-0.3, -0.25) is 9.59 Å². The summed E-state index contributed by atoms with van der Waals surface area (Å²) in [5.74, 6) is -1.89. The maximum Gasteiger partial charge on any atom is 0.408 e. The summed E-state index contributed by atoms with van der Waals surface area (Å²) in [7, 11) is 0. The van der Waals surface area contributed by atoms with Gasteiger partial charge in [0.1, 0.15) is 17.6 Å². The zero-order valence-electron chi connectivity index (χ0n) is 14.1. The number of esters is 1. The van der Waals surface area contributed by atoms with E-state index in [9.17, 15) is 19.5 Å². The van der Waals surface area contributed by atoms with E-state index in [2.05, 4.69) is 5.32 Å². The van der Waals surface area contributed by atoms with Gasteiger partial charge in [-0.05, 0) is 12.1 Å². The van der Waals surface area contributed by atoms with Crippen molar-refractivity contribution in [2.24, 2.45) is 0 Å². The third kappa shape index (κ3) is 4.71. The molecular formula is C17H19NO8S. The number of aliphatic carboxylic acids is 1. The monoisotopic (exact) mass is 397 g/mol. The summed E-state index contributed by atoms with van der Waals surface area (Å²) in [6.45, 7) is -0.455. The van der Waals surface area contributed by atoms with Crippen LogP contribution in [0.5, 0.6) is 0 Å². The smallest absolute Gasteiger partial charge is 0.408 e. The molecule has 10 heteroatoms. The minimum atomic E-state index is -1.13. The van der Waals surface area contributed by atoms with Gasteiger partial charge >= 0.3 is 18.0 Å². The Hall–Kier alpha value is -2.30. The molecule has 0 aromatic heterocycles. The van der Waals surface area contributed by atoms with Gasteiger partial charge in [0.25, 0.3) is 0 Å². The van der Waals surface area contributed by atoms with Gasteiger partial charge in [0.05, 0.1) is 19.4 Å². The summed E-state index contributed by atoms with van der Waals surface area (Å²) in [6.07, 6.45) is -4.17. The molecule has 3 N–H and O–H groups in total. The first-order valence-corrected chi connectivity index (χ1v) is 9.22. The Bertz CT molecular complexity index is 699. The molecule has 9 nitrogen and oxygen atoms in total. The van der Waals surface area contributed by atoms with Crippen molar-refractivity contribution in [3.05, 3.63) is 30.3 Å². The number of nitrogens with one attached hydrogen (secondary N) is 1. The van der Waals surface area contributed by atoms with Gasteiger partial charge in [0.2, 0.25) is 0 Å². The van der Waals surface area contributed by atoms with Gasteiger partial charge in [-0.2, -0.15) is 0 Å². The summed E-state index contributed by atoms with van der Waals surface area (Å²) in [4.78, 5) is 35.2. The molecule has 5 atom stereocenters. The molecule has 0 bridgehead atoms. The fourth-order valence-corrected chi connectivity index (χ4v) is 4.08. The molecule has 2 fully saturated rings. The van der Waals surface area contributed by atoms with E-state index in [-0.39, 0.29) is 12.8 Å². The number of hydrogen-bond donors (Lipinski definition) is 3. The molecule has 0 spiro atoms. The fraction of sp³-hybridized carbons (Fsp3) is 0.471. The number of hydrogen-bond acceptors (Lipinski definition) is 8. The highest BCUT2D eigenvalue weighted by Crippen LogP contribution is 2.37. The van der Waals surface area contributed by atoms with Crippen LogP contribution in [0.2, 0.25) is 0 Å². The number of amides is 1. The van der Waals surface area contributed by atoms with Crippen LogP contribution in [-0.2, 0) is 23.8 Å². The zero-order valence-corrected chi connectivity index (χ0v) is 15.0. The predicted molar refractivity (Wildman–Crippen MR) is 92.0 cm³/mol. The molecule has 0 radical (unpaired) electrons. The Balaban J connectivity index is 1.74. The molecular weight excluding hydrogens is 378 g/mol. The van der Waals surface area contributed by atoms with Crippen LogP contribution in [0.15, 0.2) is 35.2 Å². The van der Waals surface area contributed by atoms with Crippen molar-refractivity contribution in [2.45, 2.75) is 47.5 Å². The van der Waals surface area contributed by atoms with Crippen molar-refractivity contribution < 1.29 is 38.8 Å². The van der Waals surface area contributed by atoms with Crippen LogP contribution >= 0.6 is 11.8 Å². The highest BCUT2D eigenvalue weighted by Gasteiger charge is 2.54. The van der Waals surface area contributed by atoms with Gasteiger partial charge in [-0.15, -0.1) is 0 Å². The molecule has 0 saturated carbocycles. The highest BCUT2D eigenvalue weighted by molar-refractivity contribution is 7.99. The summed E-state index contributed by atoms with van der Waals surface area (Å²) in [5.41, 5.74) is -0.560. The lowest BCUT2D eigenvalue weighted by Gasteiger charge is -2.40. The summed E-state index contributed by atoms with van der Waals surface area (Å²) < 4.78 is 16.4. The van der Waals surface area contributed by atoms with Crippen LogP contribution < -0.4 is 5.32 Å². The summed E-state index contributed by atoms with van der Waals surface area (Å²) in [5, 5.41) is 21.0. The minimum absolute atomic E-state index is 0.328. The lowest BCUT2D eigenvalue weighted by molar-refractivity contribution is -0.190. The van der Waals surface area contributed by atoms with E-state index in [4.69, 9.17) is 19.3 Å². The molecule has 2 unspecified atom stereocenters. The van der Waals surface area contributed by atoms with Crippen LogP contribution in [0.3, 0.4) is 0 Å². The number of benzene rings is 1. The minimum Gasteiger partial charge on any atom is -0.481 e. The van der Waals surface area contributed by atoms with Crippen LogP contribution in [0.1, 0.15) is 12.8 Å². The van der Waals surface area contributed by atoms with Crippen LogP contribution in [0, 0.1) is 0 Å². The van der Waals surface area contributed by atoms with Crippen molar-refractivity contribution in [2.75, 3.05) is 6.61 Å². The van der Waals surface area contributed by atoms with Gasteiger partial charge < -0.3 is 29.7 Å². The normalized spacial score (nSPS) is 29.4. The Morgan fingerprint density at radius 1 is 1.22 bits per heavy atom. The quantitative estimate of drug-likeness (QED) is 0.570. The maximum atomic E-state index is 11.9. The number of carboxylic acids is 1. The van der Waals surface area contributed by atoms with Crippen LogP contribution in [0.4, 0.5) is 4.79 Å². The van der Waals surface area contributed by atoms with Gasteiger partial charge in [0, 0.05) is 4.90 Å². The lowest BCUT2D eigenvalue weighted by atomic mass is 9.98. The standard InChI is InChI=1S/C17H19NO8S/c19-8-10-14(25-12(22)7-6-11(20)21)15-13(18-17(23)26-15)16(24-10)27-9-4-2-1-3-5-9/h1-5,10,13-16,19H,6-8H2,(H,18,23)(H,20,21)/t10?,13-,14?,15+,16+/m0/s1. The van der Waals surface area contributed by atoms with Crippen molar-refractivity contribution in [1.29, 1.82) is 0 Å². The average molecular weight is 397 g/mol. The third-order valence-corrected chi connectivity index (χ3v) is 5.34. The van der Waals surface area contributed by atoms with Crippen molar-refractivity contribution in [3.63, 3.8) is 0 Å². The van der Waals surface area contributed by atoms with Crippen LogP contribution in [0.25, 0.3) is 0 Å². The second kappa shape index (κ2) is 8.59. The number of aliphatic hydroxyl groups excluding tert-OH is 1. The Morgan fingerprint density at radius 3 is 2.63 bits per heavy atom. The molecule has 1 aromatic rings. The second-order valence-electron chi connectivity index (χ2n) is 6.04. The van der Waals surface area contributed by atoms with E-state index in [1.165, 1.54) is 11.8 Å². The average Bonchev–Trinajstić information content (AvgIpc) is 3.04. The number of alkyl carbamates (subject to hydrolysis) is 1. The molecule has 0 aliphatic carbocycles. The Morgan fingerprint density at radius 2 is 1.96 bits per heavy atom. The van der Waals surface area contributed by atoms with Gasteiger partial charge in [0.15, 0.2) is 12.2 Å². The second-order valence-corrected chi connectivity index (χ2v) is 7.22. The number of carbonyl (C=O) groups is 3. The fourth-order valence-electron chi connectivity index (χ4n) is 2.93. The lowest BCUT2D eigenvalue weighted by Crippen LogP contribution is -2.60. The number of carbonyl (C=O) groups excluding carboxylic acids is 2. The molecule has 2 aliphatic rings. The number of thioether (sulfide) groups is 1. The van der Waals surface area contributed by atoms with Crippen molar-refractivity contribution in [1.82, 2.24) is 5.32 Å². The predicted octanol–water partition coefficient (Wildman–Crippen LogP) is 0.749. The van der Waals surface area contributed by atoms with E-state index >= 15 is 0 Å². The molecule has 3 rings (SSSR count). The maximum absolute atomic E-state index is 11.9. The van der Waals surface area contributed by atoms with E-state index in [0.717, 1.165) is 4.90 Å². The molecule has 146 valence electrons. The summed E-state index contributed by atoms with van der Waals surface area (Å²) >= 11 is 1.35. The first-order valence-electron chi connectivity index (χ1n) is 8.34. The SMILES string of the molecule is O=C(O)CCC(=O)OC1C(CO)O[C@H](Sc2ccccc2)[C@H]2NC(=O)O[C@@H]12. The van der Waals surface area contributed by atoms with Crippen LogP contribution in [-0.4, -0.2) is 64.6 Å². The van der Waals surface area contributed by atoms with E-state index in [1.54, 1.807) is 0 Å². The molecule has 2 saturated heterocycles. The number of fused-ring (bicyclic) bond motifs is 1. The first-order chi connectivity index (χ1) is 13.0. The summed E-state index contributed by atoms with van der Waals surface area (Å²) in [6, 6.07) is 8.77. The first kappa shape index (κ1) is 19.5. The molecule has 1 amide bonds. The van der Waals surface area contributed by atoms with E-state index in [1.807, 2.05) is 30.3 Å². The van der Waals surface area contributed by atoms with Gasteiger partial charge in [-0.25, -0.2) is 4.79 Å².